The quantitative estimate of drug-likeness (QED) is 0.421. The minimum Gasteiger partial charge on any atom is -0.454 e. The summed E-state index contributed by atoms with van der Waals surface area (Å²) in [7, 11) is 0. The summed E-state index contributed by atoms with van der Waals surface area (Å²) in [5.41, 5.74) is 3.52. The summed E-state index contributed by atoms with van der Waals surface area (Å²) in [6.45, 7) is 3.86. The topological polar surface area (TPSA) is 69.9 Å². The van der Waals surface area contributed by atoms with Crippen LogP contribution in [0.1, 0.15) is 27.6 Å². The number of nitrogens with zero attached hydrogens (tertiary/aromatic N) is 4. The minimum absolute atomic E-state index is 0.0459. The lowest BCUT2D eigenvalue weighted by atomic mass is 10.2. The molecular formula is C21H17ClN4O2S. The Morgan fingerprint density at radius 2 is 1.93 bits per heavy atom. The van der Waals surface area contributed by atoms with E-state index in [0.717, 1.165) is 22.0 Å². The Hall–Kier alpha value is -3.03. The smallest absolute Gasteiger partial charge is 0.358 e. The number of carbonyl (C=O) groups excluding carboxylic acids is 1. The van der Waals surface area contributed by atoms with E-state index in [2.05, 4.69) is 15.1 Å². The molecule has 4 aromatic rings. The largest absolute Gasteiger partial charge is 0.454 e. The number of rotatable bonds is 5. The Balaban J connectivity index is 1.50. The van der Waals surface area contributed by atoms with Gasteiger partial charge in [-0.3, -0.25) is 0 Å². The molecule has 0 fully saturated rings. The van der Waals surface area contributed by atoms with Crippen LogP contribution < -0.4 is 0 Å². The van der Waals surface area contributed by atoms with Gasteiger partial charge in [0.15, 0.2) is 11.5 Å². The van der Waals surface area contributed by atoms with Crippen molar-refractivity contribution in [3.05, 3.63) is 81.7 Å². The first kappa shape index (κ1) is 19.3. The van der Waals surface area contributed by atoms with Crippen molar-refractivity contribution in [3.63, 3.8) is 0 Å². The molecule has 3 aromatic heterocycles. The normalized spacial score (nSPS) is 10.9. The van der Waals surface area contributed by atoms with Crippen LogP contribution >= 0.6 is 22.9 Å². The van der Waals surface area contributed by atoms with Gasteiger partial charge in [0.2, 0.25) is 0 Å². The lowest BCUT2D eigenvalue weighted by Gasteiger charge is -2.08. The highest BCUT2D eigenvalue weighted by atomic mass is 35.5. The van der Waals surface area contributed by atoms with Crippen molar-refractivity contribution in [2.24, 2.45) is 0 Å². The molecule has 0 atom stereocenters. The number of halogens is 1. The molecule has 0 saturated carbocycles. The summed E-state index contributed by atoms with van der Waals surface area (Å²) >= 11 is 7.68. The summed E-state index contributed by atoms with van der Waals surface area (Å²) < 4.78 is 7.06. The molecule has 0 bridgehead atoms. The Kier molecular flexibility index (Phi) is 5.42. The van der Waals surface area contributed by atoms with E-state index in [1.807, 2.05) is 55.6 Å². The number of aromatic nitrogens is 4. The van der Waals surface area contributed by atoms with Crippen molar-refractivity contribution in [3.8, 4) is 16.4 Å². The van der Waals surface area contributed by atoms with Crippen LogP contribution in [0, 0.1) is 13.8 Å². The summed E-state index contributed by atoms with van der Waals surface area (Å²) in [6.07, 6.45) is 0. The van der Waals surface area contributed by atoms with E-state index in [1.165, 1.54) is 11.3 Å². The zero-order valence-corrected chi connectivity index (χ0v) is 17.4. The van der Waals surface area contributed by atoms with E-state index in [1.54, 1.807) is 16.8 Å². The molecule has 29 heavy (non-hydrogen) atoms. The van der Waals surface area contributed by atoms with Gasteiger partial charge in [0.1, 0.15) is 11.6 Å². The number of ether oxygens (including phenoxy) is 1. The van der Waals surface area contributed by atoms with Crippen molar-refractivity contribution >= 4 is 28.9 Å². The molecule has 146 valence electrons. The molecule has 0 aliphatic heterocycles. The minimum atomic E-state index is -0.604. The van der Waals surface area contributed by atoms with E-state index < -0.39 is 5.97 Å². The maximum absolute atomic E-state index is 12.6. The lowest BCUT2D eigenvalue weighted by molar-refractivity contribution is 0.0461. The summed E-state index contributed by atoms with van der Waals surface area (Å²) in [4.78, 5) is 21.4. The van der Waals surface area contributed by atoms with Gasteiger partial charge in [-0.15, -0.1) is 11.3 Å². The molecule has 4 rings (SSSR count). The molecule has 0 saturated heterocycles. The van der Waals surface area contributed by atoms with Crippen LogP contribution in [0.4, 0.5) is 0 Å². The van der Waals surface area contributed by atoms with Crippen LogP contribution in [0.25, 0.3) is 16.4 Å². The molecule has 0 unspecified atom stereocenters. The average molecular weight is 425 g/mol. The monoisotopic (exact) mass is 424 g/mol. The Morgan fingerprint density at radius 3 is 2.66 bits per heavy atom. The van der Waals surface area contributed by atoms with E-state index in [9.17, 15) is 4.79 Å². The Morgan fingerprint density at radius 1 is 1.14 bits per heavy atom. The maximum atomic E-state index is 12.6. The fraction of sp³-hybridized carbons (Fsp3) is 0.143. The van der Waals surface area contributed by atoms with Crippen molar-refractivity contribution in [2.45, 2.75) is 20.5 Å². The van der Waals surface area contributed by atoms with Crippen LogP contribution in [0.5, 0.6) is 0 Å². The van der Waals surface area contributed by atoms with E-state index in [-0.39, 0.29) is 17.3 Å². The number of hydrogen-bond acceptors (Lipinski definition) is 6. The van der Waals surface area contributed by atoms with Gasteiger partial charge in [0.25, 0.3) is 0 Å². The third-order valence-electron chi connectivity index (χ3n) is 4.17. The van der Waals surface area contributed by atoms with Gasteiger partial charge >= 0.3 is 5.97 Å². The molecule has 0 amide bonds. The Bertz CT molecular complexity index is 1170. The number of thiazole rings is 1. The molecule has 0 aliphatic carbocycles. The molecule has 0 radical (unpaired) electrons. The second-order valence-electron chi connectivity index (χ2n) is 6.42. The maximum Gasteiger partial charge on any atom is 0.358 e. The highest BCUT2D eigenvalue weighted by Gasteiger charge is 2.17. The van der Waals surface area contributed by atoms with Crippen molar-refractivity contribution in [2.75, 3.05) is 0 Å². The summed E-state index contributed by atoms with van der Waals surface area (Å²) in [6, 6.07) is 15.1. The van der Waals surface area contributed by atoms with Gasteiger partial charge in [-0.2, -0.15) is 5.10 Å². The van der Waals surface area contributed by atoms with Crippen LogP contribution in [0.2, 0.25) is 5.02 Å². The van der Waals surface area contributed by atoms with Crippen LogP contribution in [0.3, 0.4) is 0 Å². The zero-order valence-electron chi connectivity index (χ0n) is 15.8. The summed E-state index contributed by atoms with van der Waals surface area (Å²) in [5, 5.41) is 7.36. The second kappa shape index (κ2) is 8.14. The third kappa shape index (κ3) is 4.21. The van der Waals surface area contributed by atoms with Crippen LogP contribution in [0.15, 0.2) is 53.9 Å². The second-order valence-corrected chi connectivity index (χ2v) is 7.69. The van der Waals surface area contributed by atoms with Crippen molar-refractivity contribution in [1.82, 2.24) is 19.7 Å². The van der Waals surface area contributed by atoms with Gasteiger partial charge < -0.3 is 4.74 Å². The SMILES string of the molecule is Cc1cc(C)n(-c2ccc(Cl)c(C(=O)OCc3csc(-c4ccccc4)n3)n2)n1. The predicted molar refractivity (Wildman–Crippen MR) is 113 cm³/mol. The molecule has 1 aromatic carbocycles. The highest BCUT2D eigenvalue weighted by molar-refractivity contribution is 7.13. The lowest BCUT2D eigenvalue weighted by Crippen LogP contribution is -2.11. The predicted octanol–water partition coefficient (Wildman–Crippen LogP) is 5.02. The molecule has 6 nitrogen and oxygen atoms in total. The first-order chi connectivity index (χ1) is 14.0. The van der Waals surface area contributed by atoms with E-state index in [0.29, 0.717) is 11.5 Å². The highest BCUT2D eigenvalue weighted by Crippen LogP contribution is 2.24. The van der Waals surface area contributed by atoms with Crippen molar-refractivity contribution < 1.29 is 9.53 Å². The van der Waals surface area contributed by atoms with Gasteiger partial charge in [0, 0.05) is 16.6 Å². The third-order valence-corrected chi connectivity index (χ3v) is 5.42. The van der Waals surface area contributed by atoms with Crippen molar-refractivity contribution in [1.29, 1.82) is 0 Å². The fourth-order valence-electron chi connectivity index (χ4n) is 2.85. The number of aryl methyl sites for hydroxylation is 2. The number of hydrogen-bond donors (Lipinski definition) is 0. The van der Waals surface area contributed by atoms with Gasteiger partial charge in [0.05, 0.1) is 16.4 Å². The zero-order chi connectivity index (χ0) is 20.4. The number of pyridine rings is 1. The molecular weight excluding hydrogens is 408 g/mol. The molecule has 0 spiro atoms. The first-order valence-corrected chi connectivity index (χ1v) is 10.1. The standard InChI is InChI=1S/C21H17ClN4O2S/c1-13-10-14(2)26(25-13)18-9-8-17(22)19(24-18)21(27)28-11-16-12-29-20(23-16)15-6-4-3-5-7-15/h3-10,12H,11H2,1-2H3. The van der Waals surface area contributed by atoms with E-state index >= 15 is 0 Å². The van der Waals surface area contributed by atoms with Gasteiger partial charge in [-0.1, -0.05) is 41.9 Å². The Labute approximate surface area is 176 Å². The summed E-state index contributed by atoms with van der Waals surface area (Å²) in [5.74, 6) is -0.0976. The molecule has 0 aliphatic rings. The van der Waals surface area contributed by atoms with Gasteiger partial charge in [-0.25, -0.2) is 19.4 Å². The van der Waals surface area contributed by atoms with Crippen LogP contribution in [-0.2, 0) is 11.3 Å². The fourth-order valence-corrected chi connectivity index (χ4v) is 3.84. The first-order valence-electron chi connectivity index (χ1n) is 8.88. The number of esters is 1. The molecule has 0 N–H and O–H groups in total. The van der Waals surface area contributed by atoms with E-state index in [4.69, 9.17) is 16.3 Å². The molecule has 3 heterocycles. The number of benzene rings is 1. The average Bonchev–Trinajstić information content (AvgIpc) is 3.33. The molecule has 8 heteroatoms. The van der Waals surface area contributed by atoms with Crippen LogP contribution in [-0.4, -0.2) is 25.7 Å². The van der Waals surface area contributed by atoms with Gasteiger partial charge in [-0.05, 0) is 32.0 Å². The number of carbonyl (C=O) groups is 1.